The summed E-state index contributed by atoms with van der Waals surface area (Å²) in [5, 5.41) is 7.73. The van der Waals surface area contributed by atoms with Crippen molar-refractivity contribution < 1.29 is 0 Å². The van der Waals surface area contributed by atoms with Crippen LogP contribution in [0.4, 0.5) is 5.95 Å². The zero-order valence-corrected chi connectivity index (χ0v) is 11.4. The highest BCUT2D eigenvalue weighted by Gasteiger charge is 2.05. The molecule has 0 unspecified atom stereocenters. The maximum absolute atomic E-state index is 4.48. The van der Waals surface area contributed by atoms with Crippen LogP contribution in [0.15, 0.2) is 30.0 Å². The number of hydrogen-bond acceptors (Lipinski definition) is 3. The SMILES string of the molecule is Cc1ccn2nc(NCCC3=CCCCC3)nc2c1. The zero-order valence-electron chi connectivity index (χ0n) is 11.4. The van der Waals surface area contributed by atoms with Crippen LogP contribution in [0.2, 0.25) is 0 Å². The minimum Gasteiger partial charge on any atom is -0.353 e. The molecule has 0 saturated heterocycles. The van der Waals surface area contributed by atoms with E-state index >= 15 is 0 Å². The molecule has 0 amide bonds. The maximum Gasteiger partial charge on any atom is 0.243 e. The fourth-order valence-electron chi connectivity index (χ4n) is 2.52. The summed E-state index contributed by atoms with van der Waals surface area (Å²) in [5.74, 6) is 0.724. The van der Waals surface area contributed by atoms with Crippen molar-refractivity contribution in [3.05, 3.63) is 35.5 Å². The van der Waals surface area contributed by atoms with Gasteiger partial charge in [-0.1, -0.05) is 11.6 Å². The molecule has 2 aromatic rings. The fourth-order valence-corrected chi connectivity index (χ4v) is 2.52. The number of rotatable bonds is 4. The van der Waals surface area contributed by atoms with E-state index in [1.165, 1.54) is 31.2 Å². The average Bonchev–Trinajstić information content (AvgIpc) is 2.82. The van der Waals surface area contributed by atoms with Gasteiger partial charge in [-0.15, -0.1) is 5.10 Å². The smallest absolute Gasteiger partial charge is 0.243 e. The summed E-state index contributed by atoms with van der Waals surface area (Å²) in [6, 6.07) is 4.08. The molecule has 0 saturated carbocycles. The monoisotopic (exact) mass is 256 g/mol. The molecule has 0 fully saturated rings. The summed E-state index contributed by atoms with van der Waals surface area (Å²) in [4.78, 5) is 4.48. The number of aromatic nitrogens is 3. The number of nitrogens with zero attached hydrogens (tertiary/aromatic N) is 3. The van der Waals surface area contributed by atoms with Gasteiger partial charge in [-0.2, -0.15) is 4.98 Å². The number of nitrogens with one attached hydrogen (secondary N) is 1. The van der Waals surface area contributed by atoms with E-state index in [0.29, 0.717) is 0 Å². The number of pyridine rings is 1. The summed E-state index contributed by atoms with van der Waals surface area (Å²) in [7, 11) is 0. The van der Waals surface area contributed by atoms with Gasteiger partial charge < -0.3 is 5.32 Å². The largest absolute Gasteiger partial charge is 0.353 e. The third-order valence-corrected chi connectivity index (χ3v) is 3.61. The Morgan fingerprint density at radius 1 is 1.37 bits per heavy atom. The summed E-state index contributed by atoms with van der Waals surface area (Å²) < 4.78 is 1.81. The quantitative estimate of drug-likeness (QED) is 0.853. The van der Waals surface area contributed by atoms with Crippen LogP contribution in [0.3, 0.4) is 0 Å². The van der Waals surface area contributed by atoms with Crippen molar-refractivity contribution in [3.8, 4) is 0 Å². The second-order valence-electron chi connectivity index (χ2n) is 5.23. The van der Waals surface area contributed by atoms with Crippen LogP contribution in [0.1, 0.15) is 37.7 Å². The van der Waals surface area contributed by atoms with Crippen LogP contribution in [-0.4, -0.2) is 21.1 Å². The first kappa shape index (κ1) is 12.2. The molecule has 19 heavy (non-hydrogen) atoms. The Morgan fingerprint density at radius 2 is 2.32 bits per heavy atom. The Balaban J connectivity index is 1.60. The third-order valence-electron chi connectivity index (χ3n) is 3.61. The molecule has 4 heteroatoms. The lowest BCUT2D eigenvalue weighted by Crippen LogP contribution is -2.05. The fraction of sp³-hybridized carbons (Fsp3) is 0.467. The Bertz CT molecular complexity index is 597. The normalized spacial score (nSPS) is 15.5. The molecule has 1 N–H and O–H groups in total. The van der Waals surface area contributed by atoms with Gasteiger partial charge >= 0.3 is 0 Å². The second kappa shape index (κ2) is 5.43. The summed E-state index contributed by atoms with van der Waals surface area (Å²) in [5.41, 5.74) is 3.69. The minimum atomic E-state index is 0.724. The first-order chi connectivity index (χ1) is 9.31. The Hall–Kier alpha value is -1.84. The van der Waals surface area contributed by atoms with Crippen LogP contribution in [0.5, 0.6) is 0 Å². The molecule has 1 aliphatic rings. The third kappa shape index (κ3) is 2.95. The van der Waals surface area contributed by atoms with Crippen LogP contribution in [-0.2, 0) is 0 Å². The summed E-state index contributed by atoms with van der Waals surface area (Å²) >= 11 is 0. The van der Waals surface area contributed by atoms with Gasteiger partial charge in [-0.05, 0) is 56.7 Å². The summed E-state index contributed by atoms with van der Waals surface area (Å²) in [6.07, 6.45) is 10.7. The Kier molecular flexibility index (Phi) is 3.49. The molecule has 2 aromatic heterocycles. The van der Waals surface area contributed by atoms with Crippen molar-refractivity contribution in [2.45, 2.75) is 39.0 Å². The van der Waals surface area contributed by atoms with Gasteiger partial charge in [0, 0.05) is 12.7 Å². The van der Waals surface area contributed by atoms with Crippen LogP contribution in [0.25, 0.3) is 5.65 Å². The van der Waals surface area contributed by atoms with Gasteiger partial charge in [0.2, 0.25) is 5.95 Å². The maximum atomic E-state index is 4.48. The second-order valence-corrected chi connectivity index (χ2v) is 5.23. The van der Waals surface area contributed by atoms with Crippen molar-refractivity contribution in [1.82, 2.24) is 14.6 Å². The number of aryl methyl sites for hydroxylation is 1. The van der Waals surface area contributed by atoms with Crippen molar-refractivity contribution in [2.24, 2.45) is 0 Å². The van der Waals surface area contributed by atoms with Crippen LogP contribution in [0, 0.1) is 6.92 Å². The van der Waals surface area contributed by atoms with E-state index < -0.39 is 0 Å². The van der Waals surface area contributed by atoms with Gasteiger partial charge in [0.05, 0.1) is 0 Å². The van der Waals surface area contributed by atoms with E-state index in [9.17, 15) is 0 Å². The van der Waals surface area contributed by atoms with E-state index in [1.807, 2.05) is 22.8 Å². The van der Waals surface area contributed by atoms with Crippen LogP contribution < -0.4 is 5.32 Å². The standard InChI is InChI=1S/C15H20N4/c1-12-8-10-19-14(11-12)17-15(18-19)16-9-7-13-5-3-2-4-6-13/h5,8,10-11H,2-4,6-7,9H2,1H3,(H,16,18). The van der Waals surface area contributed by atoms with E-state index in [1.54, 1.807) is 5.57 Å². The molecule has 0 aromatic carbocycles. The molecule has 3 rings (SSSR count). The highest BCUT2D eigenvalue weighted by molar-refractivity contribution is 5.45. The van der Waals surface area contributed by atoms with Crippen molar-refractivity contribution in [2.75, 3.05) is 11.9 Å². The summed E-state index contributed by atoms with van der Waals surface area (Å²) in [6.45, 7) is 2.99. The minimum absolute atomic E-state index is 0.724. The Morgan fingerprint density at radius 3 is 3.16 bits per heavy atom. The highest BCUT2D eigenvalue weighted by Crippen LogP contribution is 2.19. The predicted molar refractivity (Wildman–Crippen MR) is 77.4 cm³/mol. The van der Waals surface area contributed by atoms with E-state index in [-0.39, 0.29) is 0 Å². The molecule has 1 aliphatic carbocycles. The number of anilines is 1. The molecular weight excluding hydrogens is 236 g/mol. The number of allylic oxidation sites excluding steroid dienone is 1. The van der Waals surface area contributed by atoms with E-state index in [0.717, 1.165) is 24.6 Å². The zero-order chi connectivity index (χ0) is 13.1. The van der Waals surface area contributed by atoms with Crippen molar-refractivity contribution in [3.63, 3.8) is 0 Å². The molecule has 0 bridgehead atoms. The molecule has 0 aliphatic heterocycles. The lowest BCUT2D eigenvalue weighted by Gasteiger charge is -2.12. The van der Waals surface area contributed by atoms with Gasteiger partial charge in [-0.25, -0.2) is 4.52 Å². The van der Waals surface area contributed by atoms with Gasteiger partial charge in [0.15, 0.2) is 5.65 Å². The highest BCUT2D eigenvalue weighted by atomic mass is 15.3. The number of hydrogen-bond donors (Lipinski definition) is 1. The van der Waals surface area contributed by atoms with E-state index in [4.69, 9.17) is 0 Å². The lowest BCUT2D eigenvalue weighted by atomic mass is 9.97. The lowest BCUT2D eigenvalue weighted by molar-refractivity contribution is 0.679. The topological polar surface area (TPSA) is 42.2 Å². The van der Waals surface area contributed by atoms with Crippen LogP contribution >= 0.6 is 0 Å². The number of fused-ring (bicyclic) bond motifs is 1. The first-order valence-corrected chi connectivity index (χ1v) is 7.06. The van der Waals surface area contributed by atoms with Gasteiger partial charge in [-0.3, -0.25) is 0 Å². The molecular formula is C15H20N4. The van der Waals surface area contributed by atoms with Crippen molar-refractivity contribution in [1.29, 1.82) is 0 Å². The molecule has 100 valence electrons. The van der Waals surface area contributed by atoms with Gasteiger partial charge in [0.25, 0.3) is 0 Å². The molecule has 0 atom stereocenters. The first-order valence-electron chi connectivity index (χ1n) is 7.06. The average molecular weight is 256 g/mol. The predicted octanol–water partition coefficient (Wildman–Crippen LogP) is 3.34. The van der Waals surface area contributed by atoms with E-state index in [2.05, 4.69) is 28.4 Å². The molecule has 2 heterocycles. The molecule has 0 radical (unpaired) electrons. The Labute approximate surface area is 113 Å². The molecule has 4 nitrogen and oxygen atoms in total. The van der Waals surface area contributed by atoms with Crippen molar-refractivity contribution >= 4 is 11.6 Å². The van der Waals surface area contributed by atoms with Gasteiger partial charge in [0.1, 0.15) is 0 Å². The molecule has 0 spiro atoms.